The lowest BCUT2D eigenvalue weighted by Crippen LogP contribution is -2.39. The summed E-state index contributed by atoms with van der Waals surface area (Å²) in [5, 5.41) is 3.42. The van der Waals surface area contributed by atoms with Crippen molar-refractivity contribution in [1.82, 2.24) is 15.2 Å². The first-order valence-electron chi connectivity index (χ1n) is 7.14. The van der Waals surface area contributed by atoms with Gasteiger partial charge in [0.15, 0.2) is 5.78 Å². The van der Waals surface area contributed by atoms with Crippen molar-refractivity contribution in [1.29, 1.82) is 0 Å². The molecule has 0 radical (unpaired) electrons. The Kier molecular flexibility index (Phi) is 3.62. The third kappa shape index (κ3) is 2.85. The molecule has 0 aromatic carbocycles. The van der Waals surface area contributed by atoms with Crippen molar-refractivity contribution in [3.8, 4) is 0 Å². The van der Waals surface area contributed by atoms with Crippen LogP contribution in [0.4, 0.5) is 0 Å². The highest BCUT2D eigenvalue weighted by Crippen LogP contribution is 2.38. The van der Waals surface area contributed by atoms with E-state index in [-0.39, 0.29) is 5.78 Å². The number of aromatic nitrogens is 1. The molecule has 1 aromatic heterocycles. The second kappa shape index (κ2) is 5.39. The van der Waals surface area contributed by atoms with E-state index < -0.39 is 0 Å². The monoisotopic (exact) mass is 259 g/mol. The quantitative estimate of drug-likeness (QED) is 0.832. The molecule has 4 nitrogen and oxygen atoms in total. The van der Waals surface area contributed by atoms with Crippen LogP contribution in [0, 0.1) is 5.41 Å². The maximum absolute atomic E-state index is 12.2. The summed E-state index contributed by atoms with van der Waals surface area (Å²) in [6.07, 6.45) is 7.13. The van der Waals surface area contributed by atoms with Gasteiger partial charge in [0, 0.05) is 24.5 Å². The van der Waals surface area contributed by atoms with Crippen LogP contribution in [0.3, 0.4) is 0 Å². The van der Waals surface area contributed by atoms with Crippen LogP contribution in [0.1, 0.15) is 29.6 Å². The largest absolute Gasteiger partial charge is 0.317 e. The van der Waals surface area contributed by atoms with E-state index in [9.17, 15) is 4.79 Å². The van der Waals surface area contributed by atoms with Crippen LogP contribution in [-0.4, -0.2) is 48.4 Å². The fourth-order valence-electron chi connectivity index (χ4n) is 3.36. The summed E-state index contributed by atoms with van der Waals surface area (Å²) in [6.45, 7) is 4.97. The van der Waals surface area contributed by atoms with Gasteiger partial charge in [-0.25, -0.2) is 0 Å². The van der Waals surface area contributed by atoms with Crippen LogP contribution >= 0.6 is 0 Å². The molecule has 3 rings (SSSR count). The Bertz CT molecular complexity index is 440. The molecule has 1 aromatic rings. The van der Waals surface area contributed by atoms with Gasteiger partial charge in [0.1, 0.15) is 0 Å². The minimum absolute atomic E-state index is 0.216. The van der Waals surface area contributed by atoms with Crippen molar-refractivity contribution in [2.75, 3.05) is 32.7 Å². The van der Waals surface area contributed by atoms with E-state index >= 15 is 0 Å². The van der Waals surface area contributed by atoms with Crippen LogP contribution in [0.5, 0.6) is 0 Å². The zero-order valence-corrected chi connectivity index (χ0v) is 11.3. The molecule has 3 heterocycles. The molecule has 0 bridgehead atoms. The van der Waals surface area contributed by atoms with Crippen molar-refractivity contribution >= 4 is 5.78 Å². The minimum Gasteiger partial charge on any atom is -0.317 e. The molecule has 2 aliphatic heterocycles. The van der Waals surface area contributed by atoms with Gasteiger partial charge >= 0.3 is 0 Å². The summed E-state index contributed by atoms with van der Waals surface area (Å²) in [4.78, 5) is 18.5. The van der Waals surface area contributed by atoms with Crippen LogP contribution in [0.25, 0.3) is 0 Å². The highest BCUT2D eigenvalue weighted by atomic mass is 16.1. The molecule has 0 amide bonds. The van der Waals surface area contributed by atoms with E-state index in [2.05, 4.69) is 15.2 Å². The van der Waals surface area contributed by atoms with Crippen molar-refractivity contribution in [2.45, 2.75) is 19.3 Å². The van der Waals surface area contributed by atoms with E-state index in [1.54, 1.807) is 24.5 Å². The molecule has 0 aliphatic carbocycles. The van der Waals surface area contributed by atoms with Crippen molar-refractivity contribution < 1.29 is 4.79 Å². The number of pyridine rings is 1. The fraction of sp³-hybridized carbons (Fsp3) is 0.600. The maximum Gasteiger partial charge on any atom is 0.176 e. The SMILES string of the molecule is O=C(CN1CCC2(CCNCC2)C1)c1ccncc1. The third-order valence-corrected chi connectivity index (χ3v) is 4.55. The standard InChI is InChI=1S/C15H21N3O/c19-14(13-1-6-16-7-2-13)11-18-10-5-15(12-18)3-8-17-9-4-15/h1-2,6-7,17H,3-5,8-12H2. The molecule has 4 heteroatoms. The van der Waals surface area contributed by atoms with Gasteiger partial charge in [0.2, 0.25) is 0 Å². The molecular weight excluding hydrogens is 238 g/mol. The Hall–Kier alpha value is -1.26. The van der Waals surface area contributed by atoms with E-state index in [0.717, 1.165) is 31.7 Å². The van der Waals surface area contributed by atoms with Crippen LogP contribution in [0.15, 0.2) is 24.5 Å². The average Bonchev–Trinajstić information content (AvgIpc) is 2.83. The minimum atomic E-state index is 0.216. The van der Waals surface area contributed by atoms with Gasteiger partial charge in [-0.05, 0) is 56.4 Å². The molecule has 1 spiro atoms. The maximum atomic E-state index is 12.2. The molecule has 1 N–H and O–H groups in total. The number of likely N-dealkylation sites (tertiary alicyclic amines) is 1. The van der Waals surface area contributed by atoms with Gasteiger partial charge in [-0.3, -0.25) is 14.7 Å². The second-order valence-electron chi connectivity index (χ2n) is 5.87. The van der Waals surface area contributed by atoms with E-state index in [0.29, 0.717) is 12.0 Å². The summed E-state index contributed by atoms with van der Waals surface area (Å²) in [6, 6.07) is 3.61. The summed E-state index contributed by atoms with van der Waals surface area (Å²) >= 11 is 0. The van der Waals surface area contributed by atoms with Gasteiger partial charge in [-0.2, -0.15) is 0 Å². The normalized spacial score (nSPS) is 22.7. The number of carbonyl (C=O) groups excluding carboxylic acids is 1. The molecule has 102 valence electrons. The smallest absolute Gasteiger partial charge is 0.176 e. The number of hydrogen-bond acceptors (Lipinski definition) is 4. The van der Waals surface area contributed by atoms with E-state index in [1.165, 1.54) is 19.3 Å². The van der Waals surface area contributed by atoms with Crippen molar-refractivity contribution in [3.05, 3.63) is 30.1 Å². The summed E-state index contributed by atoms with van der Waals surface area (Å²) < 4.78 is 0. The highest BCUT2D eigenvalue weighted by molar-refractivity contribution is 5.97. The molecular formula is C15H21N3O. The summed E-state index contributed by atoms with van der Waals surface area (Å²) in [5.41, 5.74) is 1.25. The number of piperidine rings is 1. The molecule has 0 atom stereocenters. The Labute approximate surface area is 114 Å². The van der Waals surface area contributed by atoms with E-state index in [4.69, 9.17) is 0 Å². The van der Waals surface area contributed by atoms with E-state index in [1.807, 2.05) is 0 Å². The number of hydrogen-bond donors (Lipinski definition) is 1. The molecule has 0 saturated carbocycles. The Morgan fingerprint density at radius 2 is 2.00 bits per heavy atom. The number of carbonyl (C=O) groups is 1. The van der Waals surface area contributed by atoms with Crippen LogP contribution < -0.4 is 5.32 Å². The zero-order chi connectivity index (χ0) is 13.1. The number of nitrogens with one attached hydrogen (secondary N) is 1. The van der Waals surface area contributed by atoms with Gasteiger partial charge in [0.25, 0.3) is 0 Å². The lowest BCUT2D eigenvalue weighted by molar-refractivity contribution is 0.0932. The molecule has 2 aliphatic rings. The zero-order valence-electron chi connectivity index (χ0n) is 11.3. The molecule has 2 saturated heterocycles. The highest BCUT2D eigenvalue weighted by Gasteiger charge is 2.39. The van der Waals surface area contributed by atoms with Crippen molar-refractivity contribution in [3.63, 3.8) is 0 Å². The van der Waals surface area contributed by atoms with Crippen LogP contribution in [0.2, 0.25) is 0 Å². The third-order valence-electron chi connectivity index (χ3n) is 4.55. The number of nitrogens with zero attached hydrogens (tertiary/aromatic N) is 2. The first kappa shape index (κ1) is 12.8. The fourth-order valence-corrected chi connectivity index (χ4v) is 3.36. The first-order chi connectivity index (χ1) is 9.27. The Morgan fingerprint density at radius 1 is 1.26 bits per heavy atom. The number of Topliss-reactive ketones (excluding diaryl/α,β-unsaturated/α-hetero) is 1. The average molecular weight is 259 g/mol. The number of rotatable bonds is 3. The van der Waals surface area contributed by atoms with Crippen LogP contribution in [-0.2, 0) is 0 Å². The van der Waals surface area contributed by atoms with Gasteiger partial charge < -0.3 is 5.32 Å². The van der Waals surface area contributed by atoms with Crippen molar-refractivity contribution in [2.24, 2.45) is 5.41 Å². The molecule has 19 heavy (non-hydrogen) atoms. The lowest BCUT2D eigenvalue weighted by Gasteiger charge is -2.33. The first-order valence-corrected chi connectivity index (χ1v) is 7.14. The predicted octanol–water partition coefficient (Wildman–Crippen LogP) is 1.34. The van der Waals surface area contributed by atoms with Gasteiger partial charge in [-0.15, -0.1) is 0 Å². The number of ketones is 1. The topological polar surface area (TPSA) is 45.2 Å². The van der Waals surface area contributed by atoms with Gasteiger partial charge in [-0.1, -0.05) is 0 Å². The predicted molar refractivity (Wildman–Crippen MR) is 74.2 cm³/mol. The van der Waals surface area contributed by atoms with Gasteiger partial charge in [0.05, 0.1) is 6.54 Å². The lowest BCUT2D eigenvalue weighted by atomic mass is 9.78. The summed E-state index contributed by atoms with van der Waals surface area (Å²) in [5.74, 6) is 0.216. The summed E-state index contributed by atoms with van der Waals surface area (Å²) in [7, 11) is 0. The molecule has 0 unspecified atom stereocenters. The second-order valence-corrected chi connectivity index (χ2v) is 5.87. The Balaban J connectivity index is 1.58. The Morgan fingerprint density at radius 3 is 2.74 bits per heavy atom. The molecule has 2 fully saturated rings.